The van der Waals surface area contributed by atoms with E-state index in [1.165, 1.54) is 44.7 Å². The highest BCUT2D eigenvalue weighted by Gasteiger charge is 2.18. The van der Waals surface area contributed by atoms with Gasteiger partial charge in [0.2, 0.25) is 11.8 Å². The van der Waals surface area contributed by atoms with Crippen LogP contribution in [0.2, 0.25) is 0 Å². The fourth-order valence-electron chi connectivity index (χ4n) is 3.70. The first-order valence-electron chi connectivity index (χ1n) is 14.3. The Morgan fingerprint density at radius 2 is 1.55 bits per heavy atom. The lowest BCUT2D eigenvalue weighted by molar-refractivity contribution is -0.132. The Kier molecular flexibility index (Phi) is 15.3. The molecule has 6 N–H and O–H groups in total. The van der Waals surface area contributed by atoms with Crippen molar-refractivity contribution in [1.82, 2.24) is 9.97 Å². The maximum Gasteiger partial charge on any atom is 0.335 e. The van der Waals surface area contributed by atoms with Crippen molar-refractivity contribution in [1.29, 1.82) is 0 Å². The first-order chi connectivity index (χ1) is 22.4. The number of aliphatic carboxylic acids is 1. The summed E-state index contributed by atoms with van der Waals surface area (Å²) in [5.41, 5.74) is 8.04. The molecule has 47 heavy (non-hydrogen) atoms. The lowest BCUT2D eigenvalue weighted by atomic mass is 10.1. The minimum Gasteiger partial charge on any atom is -0.480 e. The van der Waals surface area contributed by atoms with Crippen LogP contribution in [0, 0.1) is 0 Å². The van der Waals surface area contributed by atoms with E-state index in [4.69, 9.17) is 25.4 Å². The maximum absolute atomic E-state index is 12.5. The Morgan fingerprint density at radius 3 is 2.15 bits per heavy atom. The van der Waals surface area contributed by atoms with Crippen molar-refractivity contribution in [3.8, 4) is 11.8 Å². The number of hydrogen-bond donors (Lipinski definition) is 5. The van der Waals surface area contributed by atoms with Gasteiger partial charge in [-0.25, -0.2) is 28.0 Å². The Labute approximate surface area is 278 Å². The van der Waals surface area contributed by atoms with Gasteiger partial charge in [0.25, 0.3) is 0 Å². The van der Waals surface area contributed by atoms with Crippen molar-refractivity contribution in [3.05, 3.63) is 95.9 Å². The average molecular weight is 686 g/mol. The number of anilines is 3. The van der Waals surface area contributed by atoms with Crippen molar-refractivity contribution >= 4 is 51.0 Å². The summed E-state index contributed by atoms with van der Waals surface area (Å²) >= 11 is 0. The maximum atomic E-state index is 12.5. The number of carboxylic acids is 2. The predicted molar refractivity (Wildman–Crippen MR) is 184 cm³/mol. The lowest BCUT2D eigenvalue weighted by Gasteiger charge is -2.13. The molecule has 0 bridgehead atoms. The highest BCUT2D eigenvalue weighted by atomic mass is 32.2. The standard InChI is InChI=1S/C16H18N2O4S.C14H15N3O4S.C2H6/c1-10(2)12-8-14(15(22-3)17-9-12)18-23(21)13-6-4-5-11(7-13)16(19)20;1-21-13-12(7-10(15)8-16-13)17-22(20)11-5-3-2-4-9(6-11)14(18)19;1-2/h4-10,18H,1-3H3,(H,19,20);2-8,11,17H,15H2,1H3,(H,18,19);1-2H3. The molecule has 1 aromatic carbocycles. The fourth-order valence-corrected chi connectivity index (χ4v) is 5.60. The number of aromatic nitrogens is 2. The topological polar surface area (TPSA) is 203 Å². The van der Waals surface area contributed by atoms with Gasteiger partial charge in [0, 0.05) is 6.20 Å². The molecule has 1 aliphatic rings. The summed E-state index contributed by atoms with van der Waals surface area (Å²) in [7, 11) is -0.328. The zero-order valence-electron chi connectivity index (χ0n) is 26.8. The van der Waals surface area contributed by atoms with Crippen LogP contribution >= 0.6 is 0 Å². The third kappa shape index (κ3) is 11.4. The van der Waals surface area contributed by atoms with Crippen molar-refractivity contribution in [3.63, 3.8) is 0 Å². The van der Waals surface area contributed by atoms with Crippen LogP contribution in [0.3, 0.4) is 0 Å². The number of carboxylic acid groups (broad SMARTS) is 2. The molecule has 0 amide bonds. The van der Waals surface area contributed by atoms with Gasteiger partial charge in [-0.3, -0.25) is 9.44 Å². The Morgan fingerprint density at radius 1 is 0.915 bits per heavy atom. The Balaban J connectivity index is 0.000000311. The molecule has 4 rings (SSSR count). The van der Waals surface area contributed by atoms with Gasteiger partial charge in [-0.1, -0.05) is 52.0 Å². The smallest absolute Gasteiger partial charge is 0.335 e. The number of hydrogen-bond acceptors (Lipinski definition) is 9. The van der Waals surface area contributed by atoms with Gasteiger partial charge in [0.15, 0.2) is 0 Å². The molecule has 1 aliphatic carbocycles. The van der Waals surface area contributed by atoms with Gasteiger partial charge >= 0.3 is 11.9 Å². The number of aromatic carboxylic acids is 1. The number of nitrogen functional groups attached to an aromatic ring is 1. The number of benzene rings is 1. The zero-order valence-corrected chi connectivity index (χ0v) is 28.4. The number of nitrogens with zero attached hydrogens (tertiary/aromatic N) is 2. The second-order valence-electron chi connectivity index (χ2n) is 9.54. The van der Waals surface area contributed by atoms with Crippen molar-refractivity contribution in [2.75, 3.05) is 29.4 Å². The van der Waals surface area contributed by atoms with Crippen LogP contribution in [0.5, 0.6) is 11.8 Å². The summed E-state index contributed by atoms with van der Waals surface area (Å²) < 4.78 is 40.7. The molecule has 0 spiro atoms. The summed E-state index contributed by atoms with van der Waals surface area (Å²) in [6.07, 6.45) is 10.9. The van der Waals surface area contributed by atoms with Crippen LogP contribution in [0.25, 0.3) is 0 Å². The monoisotopic (exact) mass is 685 g/mol. The highest BCUT2D eigenvalue weighted by Crippen LogP contribution is 2.28. The third-order valence-electron chi connectivity index (χ3n) is 6.03. The number of pyridine rings is 2. The van der Waals surface area contributed by atoms with Crippen LogP contribution in [0.1, 0.15) is 49.5 Å². The molecule has 3 aromatic rings. The normalized spacial score (nSPS) is 14.5. The van der Waals surface area contributed by atoms with Gasteiger partial charge in [-0.2, -0.15) is 0 Å². The molecule has 0 radical (unpaired) electrons. The van der Waals surface area contributed by atoms with E-state index in [0.717, 1.165) is 5.56 Å². The molecule has 0 saturated carbocycles. The summed E-state index contributed by atoms with van der Waals surface area (Å²) in [5, 5.41) is 17.5. The first kappa shape index (κ1) is 38.2. The molecule has 3 atom stereocenters. The predicted octanol–water partition coefficient (Wildman–Crippen LogP) is 5.33. The van der Waals surface area contributed by atoms with Gasteiger partial charge in [-0.05, 0) is 54.0 Å². The largest absolute Gasteiger partial charge is 0.480 e. The molecule has 15 heteroatoms. The minimum absolute atomic E-state index is 0.0721. The van der Waals surface area contributed by atoms with Gasteiger partial charge in [0.1, 0.15) is 33.3 Å². The summed E-state index contributed by atoms with van der Waals surface area (Å²) in [4.78, 5) is 30.6. The van der Waals surface area contributed by atoms with Gasteiger partial charge < -0.3 is 25.4 Å². The van der Waals surface area contributed by atoms with Crippen LogP contribution < -0.4 is 24.7 Å². The number of ether oxygens (including phenoxy) is 2. The summed E-state index contributed by atoms with van der Waals surface area (Å²) in [6, 6.07) is 9.35. The van der Waals surface area contributed by atoms with Crippen LogP contribution in [0.15, 0.2) is 89.6 Å². The van der Waals surface area contributed by atoms with E-state index in [0.29, 0.717) is 27.8 Å². The van der Waals surface area contributed by atoms with E-state index >= 15 is 0 Å². The molecule has 252 valence electrons. The molecule has 0 aliphatic heterocycles. The summed E-state index contributed by atoms with van der Waals surface area (Å²) in [6.45, 7) is 8.06. The molecule has 0 fully saturated rings. The highest BCUT2D eigenvalue weighted by molar-refractivity contribution is 7.87. The van der Waals surface area contributed by atoms with Crippen LogP contribution in [-0.2, 0) is 26.8 Å². The Bertz CT molecular complexity index is 1690. The SMILES string of the molecule is CC.COc1ncc(C(C)C)cc1NS(=O)c1cccc(C(=O)O)c1.COc1ncc(N)cc1NS(=O)C1C=CC=CC(C(=O)O)=C1. The van der Waals surface area contributed by atoms with E-state index in [1.54, 1.807) is 42.6 Å². The van der Waals surface area contributed by atoms with Crippen LogP contribution in [0.4, 0.5) is 17.1 Å². The minimum atomic E-state index is -1.63. The summed E-state index contributed by atoms with van der Waals surface area (Å²) in [5.74, 6) is -1.30. The van der Waals surface area contributed by atoms with Crippen molar-refractivity contribution in [2.24, 2.45) is 0 Å². The molecule has 3 unspecified atom stereocenters. The van der Waals surface area contributed by atoms with E-state index < -0.39 is 39.2 Å². The number of allylic oxidation sites excluding steroid dienone is 2. The molecule has 2 heterocycles. The number of nitrogens with one attached hydrogen (secondary N) is 2. The van der Waals surface area contributed by atoms with Crippen molar-refractivity contribution in [2.45, 2.75) is 43.8 Å². The third-order valence-corrected chi connectivity index (χ3v) is 8.33. The number of carbonyl (C=O) groups is 2. The first-order valence-corrected chi connectivity index (χ1v) is 16.6. The molecular weight excluding hydrogens is 647 g/mol. The number of rotatable bonds is 11. The second kappa shape index (κ2) is 18.8. The van der Waals surface area contributed by atoms with E-state index in [9.17, 15) is 18.0 Å². The lowest BCUT2D eigenvalue weighted by Crippen LogP contribution is -2.19. The molecule has 2 aromatic heterocycles. The number of methoxy groups -OCH3 is 2. The Hall–Kier alpha value is -5.02. The van der Waals surface area contributed by atoms with E-state index in [-0.39, 0.29) is 22.9 Å². The van der Waals surface area contributed by atoms with E-state index in [1.807, 2.05) is 33.8 Å². The van der Waals surface area contributed by atoms with Gasteiger partial charge in [-0.15, -0.1) is 0 Å². The molecular formula is C32H39N5O8S2. The van der Waals surface area contributed by atoms with Crippen molar-refractivity contribution < 1.29 is 37.7 Å². The quantitative estimate of drug-likeness (QED) is 0.175. The fraction of sp³-hybridized carbons (Fsp3) is 0.250. The average Bonchev–Trinajstić information content (AvgIpc) is 3.33. The molecule has 13 nitrogen and oxygen atoms in total. The van der Waals surface area contributed by atoms with E-state index in [2.05, 4.69) is 19.4 Å². The van der Waals surface area contributed by atoms with Crippen LogP contribution in [-0.4, -0.2) is 60.0 Å². The molecule has 0 saturated heterocycles. The zero-order chi connectivity index (χ0) is 35.1. The number of nitrogens with two attached hydrogens (primary N) is 1. The van der Waals surface area contributed by atoms with Gasteiger partial charge in [0.05, 0.1) is 47.4 Å². The second-order valence-corrected chi connectivity index (χ2v) is 12.1.